The molecule has 0 saturated carbocycles. The largest absolute Gasteiger partial charge is 0.497 e. The Hall–Kier alpha value is -2.50. The molecule has 1 aliphatic rings. The number of carboxylic acid groups (broad SMARTS) is 1. The van der Waals surface area contributed by atoms with Crippen molar-refractivity contribution in [2.45, 2.75) is 25.3 Å². The van der Waals surface area contributed by atoms with Gasteiger partial charge >= 0.3 is 5.97 Å². The Bertz CT molecular complexity index is 720. The molecule has 2 heterocycles. The molecule has 1 N–H and O–H groups in total. The van der Waals surface area contributed by atoms with Gasteiger partial charge in [0.05, 0.1) is 19.8 Å². The van der Waals surface area contributed by atoms with Crippen LogP contribution < -0.4 is 4.74 Å². The Balaban J connectivity index is 1.81. The van der Waals surface area contributed by atoms with Crippen LogP contribution in [0.5, 0.6) is 5.75 Å². The number of rotatable bonds is 4. The number of carboxylic acids is 1. The third-order valence-corrected chi connectivity index (χ3v) is 4.06. The summed E-state index contributed by atoms with van der Waals surface area (Å²) in [5.74, 6) is -0.429. The summed E-state index contributed by atoms with van der Waals surface area (Å²) >= 11 is 0. The van der Waals surface area contributed by atoms with Gasteiger partial charge in [-0.1, -0.05) is 0 Å². The molecule has 1 fully saturated rings. The van der Waals surface area contributed by atoms with Crippen LogP contribution in [-0.2, 0) is 16.0 Å². The molecule has 22 heavy (non-hydrogen) atoms. The van der Waals surface area contributed by atoms with Gasteiger partial charge < -0.3 is 19.2 Å². The summed E-state index contributed by atoms with van der Waals surface area (Å²) in [4.78, 5) is 25.0. The van der Waals surface area contributed by atoms with Crippen LogP contribution in [0.4, 0.5) is 0 Å². The lowest BCUT2D eigenvalue weighted by molar-refractivity contribution is -0.147. The fraction of sp³-hybridized carbons (Fsp3) is 0.375. The molecule has 6 nitrogen and oxygen atoms in total. The van der Waals surface area contributed by atoms with Crippen LogP contribution in [0.15, 0.2) is 28.9 Å². The highest BCUT2D eigenvalue weighted by Gasteiger charge is 2.34. The average molecular weight is 303 g/mol. The lowest BCUT2D eigenvalue weighted by Gasteiger charge is -2.21. The highest BCUT2D eigenvalue weighted by Crippen LogP contribution is 2.27. The van der Waals surface area contributed by atoms with E-state index in [0.29, 0.717) is 24.3 Å². The fourth-order valence-electron chi connectivity index (χ4n) is 2.91. The van der Waals surface area contributed by atoms with E-state index in [2.05, 4.69) is 0 Å². The van der Waals surface area contributed by atoms with Gasteiger partial charge in [0.2, 0.25) is 5.91 Å². The predicted molar refractivity (Wildman–Crippen MR) is 78.8 cm³/mol. The molecule has 1 amide bonds. The summed E-state index contributed by atoms with van der Waals surface area (Å²) in [5.41, 5.74) is 1.41. The first kappa shape index (κ1) is 14.4. The Morgan fingerprint density at radius 1 is 1.45 bits per heavy atom. The van der Waals surface area contributed by atoms with Crippen molar-refractivity contribution < 1.29 is 23.8 Å². The molecule has 0 spiro atoms. The molecule has 0 radical (unpaired) electrons. The molecule has 1 aromatic carbocycles. The molecular weight excluding hydrogens is 286 g/mol. The number of likely N-dealkylation sites (tertiary alicyclic amines) is 1. The Morgan fingerprint density at radius 2 is 2.27 bits per heavy atom. The number of methoxy groups -OCH3 is 1. The van der Waals surface area contributed by atoms with Crippen LogP contribution in [0.25, 0.3) is 11.0 Å². The molecule has 1 aliphatic heterocycles. The maximum absolute atomic E-state index is 12.4. The molecule has 0 bridgehead atoms. The minimum absolute atomic E-state index is 0.142. The van der Waals surface area contributed by atoms with Gasteiger partial charge in [-0.2, -0.15) is 0 Å². The summed E-state index contributed by atoms with van der Waals surface area (Å²) in [7, 11) is 1.58. The van der Waals surface area contributed by atoms with E-state index in [0.717, 1.165) is 17.4 Å². The monoisotopic (exact) mass is 303 g/mol. The van der Waals surface area contributed by atoms with E-state index in [-0.39, 0.29) is 12.3 Å². The highest BCUT2D eigenvalue weighted by atomic mass is 16.5. The molecule has 1 atom stereocenters. The van der Waals surface area contributed by atoms with E-state index in [1.165, 1.54) is 4.90 Å². The third kappa shape index (κ3) is 2.52. The number of hydrogen-bond donors (Lipinski definition) is 1. The SMILES string of the molecule is COc1ccc2c(CC(=O)N3CCC[C@H]3C(=O)O)coc2c1. The fourth-order valence-corrected chi connectivity index (χ4v) is 2.91. The molecule has 116 valence electrons. The topological polar surface area (TPSA) is 80.0 Å². The number of hydrogen-bond acceptors (Lipinski definition) is 4. The summed E-state index contributed by atoms with van der Waals surface area (Å²) in [5, 5.41) is 10.0. The van der Waals surface area contributed by atoms with Crippen molar-refractivity contribution in [3.05, 3.63) is 30.0 Å². The van der Waals surface area contributed by atoms with Crippen molar-refractivity contribution in [3.63, 3.8) is 0 Å². The van der Waals surface area contributed by atoms with Crippen molar-refractivity contribution in [3.8, 4) is 5.75 Å². The number of fused-ring (bicyclic) bond motifs is 1. The highest BCUT2D eigenvalue weighted by molar-refractivity contribution is 5.90. The lowest BCUT2D eigenvalue weighted by Crippen LogP contribution is -2.41. The maximum Gasteiger partial charge on any atom is 0.326 e. The van der Waals surface area contributed by atoms with Crippen molar-refractivity contribution in [1.82, 2.24) is 4.90 Å². The standard InChI is InChI=1S/C16H17NO5/c1-21-11-4-5-12-10(9-22-14(12)8-11)7-15(18)17-6-2-3-13(17)16(19)20/h4-5,8-9,13H,2-3,6-7H2,1H3,(H,19,20)/t13-/m0/s1. The lowest BCUT2D eigenvalue weighted by atomic mass is 10.1. The molecule has 1 aromatic heterocycles. The van der Waals surface area contributed by atoms with E-state index < -0.39 is 12.0 Å². The number of ether oxygens (including phenoxy) is 1. The number of furan rings is 1. The molecule has 6 heteroatoms. The van der Waals surface area contributed by atoms with E-state index in [1.807, 2.05) is 12.1 Å². The van der Waals surface area contributed by atoms with Gasteiger partial charge in [-0.05, 0) is 25.0 Å². The smallest absolute Gasteiger partial charge is 0.326 e. The second kappa shape index (κ2) is 5.71. The van der Waals surface area contributed by atoms with Gasteiger partial charge in [0.1, 0.15) is 17.4 Å². The second-order valence-electron chi connectivity index (χ2n) is 5.38. The second-order valence-corrected chi connectivity index (χ2v) is 5.38. The predicted octanol–water partition coefficient (Wildman–Crippen LogP) is 2.06. The van der Waals surface area contributed by atoms with Crippen molar-refractivity contribution >= 4 is 22.8 Å². The first-order valence-electron chi connectivity index (χ1n) is 7.16. The zero-order valence-corrected chi connectivity index (χ0v) is 12.2. The van der Waals surface area contributed by atoms with E-state index >= 15 is 0 Å². The molecule has 3 rings (SSSR count). The zero-order valence-electron chi connectivity index (χ0n) is 12.2. The van der Waals surface area contributed by atoms with Crippen molar-refractivity contribution in [2.24, 2.45) is 0 Å². The Morgan fingerprint density at radius 3 is 3.00 bits per heavy atom. The van der Waals surface area contributed by atoms with Gasteiger partial charge in [0, 0.05) is 23.6 Å². The van der Waals surface area contributed by atoms with Crippen LogP contribution in [-0.4, -0.2) is 41.6 Å². The van der Waals surface area contributed by atoms with Crippen LogP contribution in [0.3, 0.4) is 0 Å². The Kier molecular flexibility index (Phi) is 3.75. The van der Waals surface area contributed by atoms with E-state index in [9.17, 15) is 9.59 Å². The summed E-state index contributed by atoms with van der Waals surface area (Å²) in [6.45, 7) is 0.499. The van der Waals surface area contributed by atoms with Gasteiger partial charge in [0.15, 0.2) is 0 Å². The van der Waals surface area contributed by atoms with Gasteiger partial charge in [0.25, 0.3) is 0 Å². The van der Waals surface area contributed by atoms with E-state index in [1.54, 1.807) is 19.4 Å². The summed E-state index contributed by atoms with van der Waals surface area (Å²) in [6, 6.07) is 4.71. The summed E-state index contributed by atoms with van der Waals surface area (Å²) in [6.07, 6.45) is 2.94. The molecule has 0 aliphatic carbocycles. The number of nitrogens with zero attached hydrogens (tertiary/aromatic N) is 1. The normalized spacial score (nSPS) is 17.9. The van der Waals surface area contributed by atoms with Gasteiger partial charge in [-0.3, -0.25) is 4.79 Å². The van der Waals surface area contributed by atoms with Crippen LogP contribution in [0, 0.1) is 0 Å². The minimum atomic E-state index is -0.937. The number of carbonyl (C=O) groups is 2. The Labute approximate surface area is 127 Å². The van der Waals surface area contributed by atoms with Crippen LogP contribution in [0.1, 0.15) is 18.4 Å². The van der Waals surface area contributed by atoms with Crippen LogP contribution >= 0.6 is 0 Å². The van der Waals surface area contributed by atoms with Crippen molar-refractivity contribution in [1.29, 1.82) is 0 Å². The zero-order chi connectivity index (χ0) is 15.7. The van der Waals surface area contributed by atoms with Crippen molar-refractivity contribution in [2.75, 3.05) is 13.7 Å². The van der Waals surface area contributed by atoms with Gasteiger partial charge in [-0.15, -0.1) is 0 Å². The maximum atomic E-state index is 12.4. The molecule has 2 aromatic rings. The average Bonchev–Trinajstić information content (AvgIpc) is 3.14. The van der Waals surface area contributed by atoms with Gasteiger partial charge in [-0.25, -0.2) is 4.79 Å². The van der Waals surface area contributed by atoms with E-state index in [4.69, 9.17) is 14.3 Å². The number of carbonyl (C=O) groups excluding carboxylic acids is 1. The quantitative estimate of drug-likeness (QED) is 0.935. The number of amides is 1. The molecule has 0 unspecified atom stereocenters. The first-order valence-corrected chi connectivity index (χ1v) is 7.16. The summed E-state index contributed by atoms with van der Waals surface area (Å²) < 4.78 is 10.6. The molecule has 1 saturated heterocycles. The third-order valence-electron chi connectivity index (χ3n) is 4.06. The number of benzene rings is 1. The first-order chi connectivity index (χ1) is 10.6. The minimum Gasteiger partial charge on any atom is -0.497 e. The van der Waals surface area contributed by atoms with Crippen LogP contribution in [0.2, 0.25) is 0 Å². The number of aliphatic carboxylic acids is 1. The molecular formula is C16H17NO5.